The molecule has 1 nitrogen and oxygen atoms in total. The number of halogens is 1. The van der Waals surface area contributed by atoms with Gasteiger partial charge in [-0.05, 0) is 16.7 Å². The van der Waals surface area contributed by atoms with Gasteiger partial charge in [-0.2, -0.15) is 0 Å². The molecule has 0 unspecified atom stereocenters. The molecule has 0 amide bonds. The lowest BCUT2D eigenvalue weighted by atomic mass is 9.92. The summed E-state index contributed by atoms with van der Waals surface area (Å²) in [4.78, 5) is 0. The Bertz CT molecular complexity index is 460. The van der Waals surface area contributed by atoms with Crippen molar-refractivity contribution in [2.24, 2.45) is 0 Å². The van der Waals surface area contributed by atoms with E-state index in [2.05, 4.69) is 59.9 Å². The maximum Gasteiger partial charge on any atom is 0.00885 e. The van der Waals surface area contributed by atoms with E-state index in [1.54, 1.807) is 0 Å². The first-order chi connectivity index (χ1) is 7.93. The summed E-state index contributed by atoms with van der Waals surface area (Å²) >= 11 is 0. The first kappa shape index (κ1) is 12.2. The Kier molecular flexibility index (Phi) is 3.82. The summed E-state index contributed by atoms with van der Waals surface area (Å²) in [5.41, 5.74) is 4.05. The second-order valence-electron chi connectivity index (χ2n) is 4.34. The molecule has 2 heteroatoms. The van der Waals surface area contributed by atoms with E-state index in [-0.39, 0.29) is 12.4 Å². The van der Waals surface area contributed by atoms with Gasteiger partial charge in [-0.15, -0.1) is 12.4 Å². The van der Waals surface area contributed by atoms with Gasteiger partial charge in [0.15, 0.2) is 0 Å². The van der Waals surface area contributed by atoms with E-state index in [0.29, 0.717) is 0 Å². The minimum absolute atomic E-state index is 0. The summed E-state index contributed by atoms with van der Waals surface area (Å²) in [5, 5.41) is 3.31. The van der Waals surface area contributed by atoms with Crippen LogP contribution in [-0.4, -0.2) is 13.1 Å². The van der Waals surface area contributed by atoms with Crippen molar-refractivity contribution in [1.82, 2.24) is 5.32 Å². The van der Waals surface area contributed by atoms with Gasteiger partial charge in [0, 0.05) is 19.0 Å². The van der Waals surface area contributed by atoms with Crippen molar-refractivity contribution < 1.29 is 0 Å². The van der Waals surface area contributed by atoms with Crippen LogP contribution in [0.1, 0.15) is 11.5 Å². The van der Waals surface area contributed by atoms with E-state index in [4.69, 9.17) is 0 Å². The molecule has 3 rings (SSSR count). The Hall–Kier alpha value is -1.31. The van der Waals surface area contributed by atoms with E-state index in [1.807, 2.05) is 0 Å². The number of rotatable bonds is 2. The van der Waals surface area contributed by atoms with E-state index >= 15 is 0 Å². The Morgan fingerprint density at radius 2 is 1.35 bits per heavy atom. The van der Waals surface area contributed by atoms with Crippen molar-refractivity contribution in [3.8, 4) is 11.1 Å². The van der Waals surface area contributed by atoms with Gasteiger partial charge in [0.05, 0.1) is 0 Å². The molecule has 1 N–H and O–H groups in total. The van der Waals surface area contributed by atoms with E-state index in [1.165, 1.54) is 16.7 Å². The van der Waals surface area contributed by atoms with Crippen molar-refractivity contribution in [1.29, 1.82) is 0 Å². The van der Waals surface area contributed by atoms with Crippen LogP contribution in [0.2, 0.25) is 0 Å². The minimum atomic E-state index is 0. The third-order valence-electron chi connectivity index (χ3n) is 3.27. The number of hydrogen-bond acceptors (Lipinski definition) is 1. The van der Waals surface area contributed by atoms with Gasteiger partial charge in [0.2, 0.25) is 0 Å². The molecule has 1 heterocycles. The van der Waals surface area contributed by atoms with Crippen molar-refractivity contribution in [3.05, 3.63) is 60.2 Å². The van der Waals surface area contributed by atoms with Crippen LogP contribution in [-0.2, 0) is 0 Å². The summed E-state index contributed by atoms with van der Waals surface area (Å²) in [7, 11) is 0. The summed E-state index contributed by atoms with van der Waals surface area (Å²) in [6.07, 6.45) is 0. The van der Waals surface area contributed by atoms with Gasteiger partial charge in [-0.1, -0.05) is 54.6 Å². The minimum Gasteiger partial charge on any atom is -0.315 e. The number of benzene rings is 2. The predicted molar refractivity (Wildman–Crippen MR) is 74.7 cm³/mol. The lowest BCUT2D eigenvalue weighted by Crippen LogP contribution is -2.39. The predicted octanol–water partition coefficient (Wildman–Crippen LogP) is 3.46. The van der Waals surface area contributed by atoms with E-state index < -0.39 is 0 Å². The van der Waals surface area contributed by atoms with Crippen LogP contribution in [0, 0.1) is 0 Å². The summed E-state index contributed by atoms with van der Waals surface area (Å²) in [6.45, 7) is 2.26. The van der Waals surface area contributed by atoms with Crippen LogP contribution in [0.15, 0.2) is 54.6 Å². The highest BCUT2D eigenvalue weighted by Gasteiger charge is 2.18. The van der Waals surface area contributed by atoms with Crippen LogP contribution in [0.25, 0.3) is 11.1 Å². The summed E-state index contributed by atoms with van der Waals surface area (Å²) in [5.74, 6) is 0.727. The van der Waals surface area contributed by atoms with Crippen LogP contribution in [0.3, 0.4) is 0 Å². The highest BCUT2D eigenvalue weighted by molar-refractivity contribution is 5.85. The zero-order valence-corrected chi connectivity index (χ0v) is 10.4. The molecule has 0 saturated carbocycles. The Labute approximate surface area is 108 Å². The van der Waals surface area contributed by atoms with Crippen molar-refractivity contribution in [2.75, 3.05) is 13.1 Å². The van der Waals surface area contributed by atoms with Gasteiger partial charge in [0.25, 0.3) is 0 Å². The van der Waals surface area contributed by atoms with Crippen LogP contribution < -0.4 is 5.32 Å². The maximum atomic E-state index is 3.31. The van der Waals surface area contributed by atoms with Crippen LogP contribution >= 0.6 is 12.4 Å². The van der Waals surface area contributed by atoms with E-state index in [9.17, 15) is 0 Å². The van der Waals surface area contributed by atoms with Gasteiger partial charge in [-0.25, -0.2) is 0 Å². The molecule has 1 saturated heterocycles. The lowest BCUT2D eigenvalue weighted by molar-refractivity contribution is 0.448. The third kappa shape index (κ3) is 2.51. The largest absolute Gasteiger partial charge is 0.315 e. The van der Waals surface area contributed by atoms with Gasteiger partial charge < -0.3 is 5.32 Å². The van der Waals surface area contributed by atoms with Crippen molar-refractivity contribution in [3.63, 3.8) is 0 Å². The molecule has 88 valence electrons. The summed E-state index contributed by atoms with van der Waals surface area (Å²) in [6, 6.07) is 19.5. The zero-order chi connectivity index (χ0) is 10.8. The van der Waals surface area contributed by atoms with Gasteiger partial charge >= 0.3 is 0 Å². The van der Waals surface area contributed by atoms with Crippen molar-refractivity contribution in [2.45, 2.75) is 5.92 Å². The summed E-state index contributed by atoms with van der Waals surface area (Å²) < 4.78 is 0. The molecule has 2 aromatic rings. The molecule has 0 aromatic heterocycles. The second-order valence-corrected chi connectivity index (χ2v) is 4.34. The fourth-order valence-electron chi connectivity index (χ4n) is 2.10. The molecule has 0 spiro atoms. The highest BCUT2D eigenvalue weighted by Crippen LogP contribution is 2.24. The van der Waals surface area contributed by atoms with Crippen molar-refractivity contribution >= 4 is 12.4 Å². The molecular weight excluding hydrogens is 230 g/mol. The molecule has 17 heavy (non-hydrogen) atoms. The first-order valence-corrected chi connectivity index (χ1v) is 5.79. The molecule has 0 radical (unpaired) electrons. The lowest BCUT2D eigenvalue weighted by Gasteiger charge is -2.27. The maximum absolute atomic E-state index is 3.31. The smallest absolute Gasteiger partial charge is 0.00885 e. The molecule has 2 aromatic carbocycles. The Morgan fingerprint density at radius 3 is 1.88 bits per heavy atom. The fraction of sp³-hybridized carbons (Fsp3) is 0.200. The quantitative estimate of drug-likeness (QED) is 0.855. The van der Waals surface area contributed by atoms with Gasteiger partial charge in [-0.3, -0.25) is 0 Å². The van der Waals surface area contributed by atoms with Crippen LogP contribution in [0.4, 0.5) is 0 Å². The zero-order valence-electron chi connectivity index (χ0n) is 9.60. The van der Waals surface area contributed by atoms with Gasteiger partial charge in [0.1, 0.15) is 0 Å². The molecule has 0 bridgehead atoms. The standard InChI is InChI=1S/C15H15N.ClH/c1-2-4-12(5-3-1)13-6-8-14(9-7-13)15-10-16-11-15;/h1-9,15-16H,10-11H2;1H. The second kappa shape index (κ2) is 5.35. The Morgan fingerprint density at radius 1 is 0.765 bits per heavy atom. The highest BCUT2D eigenvalue weighted by atomic mass is 35.5. The molecule has 1 aliphatic rings. The van der Waals surface area contributed by atoms with E-state index in [0.717, 1.165) is 19.0 Å². The average Bonchev–Trinajstić information content (AvgIpc) is 2.29. The SMILES string of the molecule is Cl.c1ccc(-c2ccc(C3CNC3)cc2)cc1. The monoisotopic (exact) mass is 245 g/mol. The molecule has 1 aliphatic heterocycles. The molecular formula is C15H16ClN. The normalized spacial score (nSPS) is 14.8. The first-order valence-electron chi connectivity index (χ1n) is 5.79. The molecule has 0 atom stereocenters. The topological polar surface area (TPSA) is 12.0 Å². The number of nitrogens with one attached hydrogen (secondary N) is 1. The average molecular weight is 246 g/mol. The Balaban J connectivity index is 0.00000108. The fourth-order valence-corrected chi connectivity index (χ4v) is 2.10. The third-order valence-corrected chi connectivity index (χ3v) is 3.27. The molecule has 1 fully saturated rings. The van der Waals surface area contributed by atoms with Crippen LogP contribution in [0.5, 0.6) is 0 Å². The number of hydrogen-bond donors (Lipinski definition) is 1. The molecule has 0 aliphatic carbocycles.